The Morgan fingerprint density at radius 2 is 1.79 bits per heavy atom. The second-order valence-corrected chi connectivity index (χ2v) is 6.27. The number of hydrogen-bond acceptors (Lipinski definition) is 1. The minimum absolute atomic E-state index is 0.229. The number of rotatable bonds is 4. The standard InChI is InChI=1S/C20H23F3O/c1-2-5-16-8-10-17(11-9-16)6-3-4-7-18-12-14-19(15-13-18)24-20(21,22)23/h3,6,12-17H,2,5,8-11H2,1H3/b6-3+/t16-,17-. The molecule has 1 fully saturated rings. The minimum Gasteiger partial charge on any atom is -0.406 e. The topological polar surface area (TPSA) is 9.23 Å². The van der Waals surface area contributed by atoms with Gasteiger partial charge >= 0.3 is 6.36 Å². The van der Waals surface area contributed by atoms with E-state index in [1.807, 2.05) is 6.08 Å². The summed E-state index contributed by atoms with van der Waals surface area (Å²) in [6, 6.07) is 5.60. The molecule has 0 amide bonds. The fourth-order valence-corrected chi connectivity index (χ4v) is 3.13. The Morgan fingerprint density at radius 3 is 2.38 bits per heavy atom. The van der Waals surface area contributed by atoms with Gasteiger partial charge in [0.1, 0.15) is 5.75 Å². The van der Waals surface area contributed by atoms with Gasteiger partial charge in [0.25, 0.3) is 0 Å². The molecular formula is C20H23F3O. The highest BCUT2D eigenvalue weighted by Crippen LogP contribution is 2.32. The van der Waals surface area contributed by atoms with Gasteiger partial charge in [0.15, 0.2) is 0 Å². The van der Waals surface area contributed by atoms with E-state index in [0.29, 0.717) is 11.5 Å². The lowest BCUT2D eigenvalue weighted by molar-refractivity contribution is -0.274. The van der Waals surface area contributed by atoms with Crippen molar-refractivity contribution >= 4 is 0 Å². The van der Waals surface area contributed by atoms with Crippen LogP contribution in [-0.2, 0) is 0 Å². The molecule has 24 heavy (non-hydrogen) atoms. The van der Waals surface area contributed by atoms with E-state index < -0.39 is 6.36 Å². The van der Waals surface area contributed by atoms with Gasteiger partial charge in [0, 0.05) is 5.56 Å². The summed E-state index contributed by atoms with van der Waals surface area (Å²) in [7, 11) is 0. The van der Waals surface area contributed by atoms with Crippen LogP contribution in [0.2, 0.25) is 0 Å². The van der Waals surface area contributed by atoms with Crippen LogP contribution in [-0.4, -0.2) is 6.36 Å². The van der Waals surface area contributed by atoms with Gasteiger partial charge < -0.3 is 4.74 Å². The molecule has 0 N–H and O–H groups in total. The van der Waals surface area contributed by atoms with Crippen molar-refractivity contribution in [2.45, 2.75) is 51.8 Å². The van der Waals surface area contributed by atoms with Gasteiger partial charge in [0.05, 0.1) is 0 Å². The summed E-state index contributed by atoms with van der Waals surface area (Å²) in [5.74, 6) is 7.16. The largest absolute Gasteiger partial charge is 0.573 e. The predicted octanol–water partition coefficient (Wildman–Crippen LogP) is 6.10. The van der Waals surface area contributed by atoms with Crippen LogP contribution < -0.4 is 4.74 Å². The Kier molecular flexibility index (Phi) is 6.78. The summed E-state index contributed by atoms with van der Waals surface area (Å²) in [6.45, 7) is 2.24. The summed E-state index contributed by atoms with van der Waals surface area (Å²) in [6.07, 6.45) is 7.04. The average Bonchev–Trinajstić information content (AvgIpc) is 2.53. The van der Waals surface area contributed by atoms with E-state index in [9.17, 15) is 13.2 Å². The van der Waals surface area contributed by atoms with Gasteiger partial charge in [-0.1, -0.05) is 37.7 Å². The third kappa shape index (κ3) is 6.70. The zero-order chi connectivity index (χ0) is 17.4. The van der Waals surface area contributed by atoms with E-state index in [2.05, 4.69) is 29.6 Å². The molecule has 1 saturated carbocycles. The van der Waals surface area contributed by atoms with Crippen LogP contribution in [0.3, 0.4) is 0 Å². The fraction of sp³-hybridized carbons (Fsp3) is 0.500. The quantitative estimate of drug-likeness (QED) is 0.604. The van der Waals surface area contributed by atoms with Gasteiger partial charge in [-0.25, -0.2) is 0 Å². The SMILES string of the molecule is CCC[C@H]1CC[C@H](/C=C/C#Cc2ccc(OC(F)(F)F)cc2)CC1. The molecule has 130 valence electrons. The third-order valence-corrected chi connectivity index (χ3v) is 4.34. The van der Waals surface area contributed by atoms with Crippen LogP contribution in [0.4, 0.5) is 13.2 Å². The molecule has 0 spiro atoms. The van der Waals surface area contributed by atoms with E-state index in [-0.39, 0.29) is 5.75 Å². The van der Waals surface area contributed by atoms with Crippen molar-refractivity contribution in [3.05, 3.63) is 42.0 Å². The number of hydrogen-bond donors (Lipinski definition) is 0. The van der Waals surface area contributed by atoms with E-state index in [0.717, 1.165) is 5.92 Å². The Morgan fingerprint density at radius 1 is 1.12 bits per heavy atom. The van der Waals surface area contributed by atoms with Gasteiger partial charge in [-0.15, -0.1) is 13.2 Å². The molecule has 0 aliphatic heterocycles. The minimum atomic E-state index is -4.66. The van der Waals surface area contributed by atoms with E-state index in [4.69, 9.17) is 0 Å². The highest BCUT2D eigenvalue weighted by molar-refractivity contribution is 5.40. The molecule has 1 aromatic rings. The van der Waals surface area contributed by atoms with Crippen molar-refractivity contribution in [2.75, 3.05) is 0 Å². The molecule has 1 aromatic carbocycles. The third-order valence-electron chi connectivity index (χ3n) is 4.34. The maximum atomic E-state index is 12.1. The van der Waals surface area contributed by atoms with Gasteiger partial charge in [-0.05, 0) is 67.9 Å². The van der Waals surface area contributed by atoms with Crippen LogP contribution in [0, 0.1) is 23.7 Å². The zero-order valence-electron chi connectivity index (χ0n) is 13.9. The molecule has 0 radical (unpaired) electrons. The first-order chi connectivity index (χ1) is 11.5. The molecule has 0 atom stereocenters. The van der Waals surface area contributed by atoms with Crippen molar-refractivity contribution in [3.8, 4) is 17.6 Å². The monoisotopic (exact) mass is 336 g/mol. The highest BCUT2D eigenvalue weighted by atomic mass is 19.4. The molecular weight excluding hydrogens is 313 g/mol. The highest BCUT2D eigenvalue weighted by Gasteiger charge is 2.30. The van der Waals surface area contributed by atoms with Crippen molar-refractivity contribution in [1.29, 1.82) is 0 Å². The van der Waals surface area contributed by atoms with Crippen LogP contribution in [0.15, 0.2) is 36.4 Å². The van der Waals surface area contributed by atoms with Gasteiger partial charge in [0.2, 0.25) is 0 Å². The number of alkyl halides is 3. The second kappa shape index (κ2) is 8.82. The van der Waals surface area contributed by atoms with E-state index >= 15 is 0 Å². The second-order valence-electron chi connectivity index (χ2n) is 6.27. The molecule has 1 nitrogen and oxygen atoms in total. The zero-order valence-corrected chi connectivity index (χ0v) is 13.9. The molecule has 0 bridgehead atoms. The number of benzene rings is 1. The lowest BCUT2D eigenvalue weighted by Gasteiger charge is -2.26. The first-order valence-electron chi connectivity index (χ1n) is 8.50. The number of ether oxygens (including phenoxy) is 1. The maximum Gasteiger partial charge on any atom is 0.573 e. The summed E-state index contributed by atoms with van der Waals surface area (Å²) >= 11 is 0. The molecule has 0 saturated heterocycles. The maximum absolute atomic E-state index is 12.1. The van der Waals surface area contributed by atoms with Crippen molar-refractivity contribution in [2.24, 2.45) is 11.8 Å². The Hall–Kier alpha value is -1.89. The smallest absolute Gasteiger partial charge is 0.406 e. The van der Waals surface area contributed by atoms with E-state index in [1.165, 1.54) is 62.8 Å². The normalized spacial score (nSPS) is 21.3. The first kappa shape index (κ1) is 18.4. The fourth-order valence-electron chi connectivity index (χ4n) is 3.13. The summed E-state index contributed by atoms with van der Waals surface area (Å²) in [5, 5.41) is 0. The average molecular weight is 336 g/mol. The summed E-state index contributed by atoms with van der Waals surface area (Å²) in [4.78, 5) is 0. The van der Waals surface area contributed by atoms with Crippen molar-refractivity contribution in [1.82, 2.24) is 0 Å². The molecule has 1 aliphatic carbocycles. The Balaban J connectivity index is 1.81. The Labute approximate surface area is 141 Å². The van der Waals surface area contributed by atoms with Crippen molar-refractivity contribution in [3.63, 3.8) is 0 Å². The summed E-state index contributed by atoms with van der Waals surface area (Å²) < 4.78 is 40.1. The molecule has 0 heterocycles. The van der Waals surface area contributed by atoms with E-state index in [1.54, 1.807) is 0 Å². The lowest BCUT2D eigenvalue weighted by atomic mass is 9.80. The molecule has 4 heteroatoms. The van der Waals surface area contributed by atoms with Gasteiger partial charge in [-0.3, -0.25) is 0 Å². The Bertz CT molecular complexity index is 582. The molecule has 2 rings (SSSR count). The van der Waals surface area contributed by atoms with Crippen LogP contribution in [0.5, 0.6) is 5.75 Å². The van der Waals surface area contributed by atoms with Crippen molar-refractivity contribution < 1.29 is 17.9 Å². The number of allylic oxidation sites excluding steroid dienone is 2. The molecule has 1 aliphatic rings. The van der Waals surface area contributed by atoms with Crippen LogP contribution >= 0.6 is 0 Å². The van der Waals surface area contributed by atoms with Crippen LogP contribution in [0.25, 0.3) is 0 Å². The lowest BCUT2D eigenvalue weighted by Crippen LogP contribution is -2.16. The van der Waals surface area contributed by atoms with Gasteiger partial charge in [-0.2, -0.15) is 0 Å². The first-order valence-corrected chi connectivity index (χ1v) is 8.50. The summed E-state index contributed by atoms with van der Waals surface area (Å²) in [5.41, 5.74) is 0.667. The number of halogens is 3. The predicted molar refractivity (Wildman–Crippen MR) is 89.5 cm³/mol. The van der Waals surface area contributed by atoms with Crippen LogP contribution in [0.1, 0.15) is 51.0 Å². The molecule has 0 aromatic heterocycles. The molecule has 0 unspecified atom stereocenters.